The topological polar surface area (TPSA) is 99.4 Å². The first-order chi connectivity index (χ1) is 10.5. The highest BCUT2D eigenvalue weighted by Crippen LogP contribution is 2.30. The number of ether oxygens (including phenoxy) is 2. The van der Waals surface area contributed by atoms with Crippen molar-refractivity contribution in [3.8, 4) is 0 Å². The van der Waals surface area contributed by atoms with E-state index in [0.717, 1.165) is 16.7 Å². The average Bonchev–Trinajstić information content (AvgIpc) is 2.89. The van der Waals surface area contributed by atoms with Crippen molar-refractivity contribution in [1.29, 1.82) is 0 Å². The highest BCUT2D eigenvalue weighted by Gasteiger charge is 2.45. The minimum Gasteiger partial charge on any atom is -0.466 e. The smallest absolute Gasteiger partial charge is 0.228 e. The average molecular weight is 308 g/mol. The van der Waals surface area contributed by atoms with E-state index < -0.39 is 37.3 Å². The Bertz CT molecular complexity index is 582. The summed E-state index contributed by atoms with van der Waals surface area (Å²) in [7, 11) is 0. The largest absolute Gasteiger partial charge is 0.466 e. The van der Waals surface area contributed by atoms with Gasteiger partial charge in [-0.1, -0.05) is 23.8 Å². The maximum Gasteiger partial charge on any atom is 0.228 e. The SMILES string of the molecule is Cc1ccc2c(c1)CC(OC1OC(CO)C(O)C(O)C1O)=C2. The summed E-state index contributed by atoms with van der Waals surface area (Å²) < 4.78 is 11.0. The normalized spacial score (nSPS) is 34.2. The summed E-state index contributed by atoms with van der Waals surface area (Å²) in [6, 6.07) is 6.07. The second-order valence-electron chi connectivity index (χ2n) is 5.80. The summed E-state index contributed by atoms with van der Waals surface area (Å²) in [6.07, 6.45) is -3.85. The third-order valence-corrected chi connectivity index (χ3v) is 4.10. The van der Waals surface area contributed by atoms with Gasteiger partial charge in [-0.05, 0) is 24.1 Å². The highest BCUT2D eigenvalue weighted by molar-refractivity contribution is 5.62. The Kier molecular flexibility index (Phi) is 4.20. The maximum absolute atomic E-state index is 9.97. The zero-order valence-corrected chi connectivity index (χ0v) is 12.2. The zero-order valence-electron chi connectivity index (χ0n) is 12.2. The summed E-state index contributed by atoms with van der Waals surface area (Å²) >= 11 is 0. The molecule has 6 nitrogen and oxygen atoms in total. The lowest BCUT2D eigenvalue weighted by Gasteiger charge is -2.39. The number of hydrogen-bond acceptors (Lipinski definition) is 6. The van der Waals surface area contributed by atoms with E-state index in [2.05, 4.69) is 6.07 Å². The Balaban J connectivity index is 1.71. The van der Waals surface area contributed by atoms with E-state index in [-0.39, 0.29) is 0 Å². The van der Waals surface area contributed by atoms with E-state index in [1.165, 1.54) is 0 Å². The molecule has 1 aromatic carbocycles. The number of hydrogen-bond donors (Lipinski definition) is 4. The fourth-order valence-electron chi connectivity index (χ4n) is 2.83. The molecule has 1 heterocycles. The molecule has 2 aliphatic rings. The van der Waals surface area contributed by atoms with Crippen molar-refractivity contribution in [1.82, 2.24) is 0 Å². The minimum absolute atomic E-state index is 0.469. The van der Waals surface area contributed by atoms with Crippen molar-refractivity contribution in [3.05, 3.63) is 40.6 Å². The summed E-state index contributed by atoms with van der Waals surface area (Å²) in [6.45, 7) is 1.54. The molecule has 1 aliphatic carbocycles. The van der Waals surface area contributed by atoms with Crippen LogP contribution < -0.4 is 0 Å². The van der Waals surface area contributed by atoms with Crippen LogP contribution in [0.25, 0.3) is 6.08 Å². The molecule has 0 amide bonds. The Hall–Kier alpha value is -1.44. The van der Waals surface area contributed by atoms with Gasteiger partial charge in [-0.15, -0.1) is 0 Å². The second-order valence-corrected chi connectivity index (χ2v) is 5.80. The summed E-state index contributed by atoms with van der Waals surface area (Å²) in [5.74, 6) is 0.616. The van der Waals surface area contributed by atoms with Gasteiger partial charge >= 0.3 is 0 Å². The lowest BCUT2D eigenvalue weighted by Crippen LogP contribution is -2.59. The molecule has 5 atom stereocenters. The van der Waals surface area contributed by atoms with Gasteiger partial charge in [-0.3, -0.25) is 0 Å². The van der Waals surface area contributed by atoms with Crippen molar-refractivity contribution in [2.45, 2.75) is 44.1 Å². The van der Waals surface area contributed by atoms with Gasteiger partial charge in [-0.25, -0.2) is 0 Å². The van der Waals surface area contributed by atoms with Crippen molar-refractivity contribution < 1.29 is 29.9 Å². The monoisotopic (exact) mass is 308 g/mol. The molecule has 0 saturated carbocycles. The van der Waals surface area contributed by atoms with Crippen LogP contribution in [0.5, 0.6) is 0 Å². The van der Waals surface area contributed by atoms with Crippen molar-refractivity contribution >= 4 is 6.08 Å². The van der Waals surface area contributed by atoms with Gasteiger partial charge in [0, 0.05) is 6.42 Å². The van der Waals surface area contributed by atoms with Gasteiger partial charge in [-0.2, -0.15) is 0 Å². The Morgan fingerprint density at radius 2 is 1.95 bits per heavy atom. The first-order valence-corrected chi connectivity index (χ1v) is 7.27. The van der Waals surface area contributed by atoms with Gasteiger partial charge in [0.15, 0.2) is 0 Å². The van der Waals surface area contributed by atoms with Gasteiger partial charge < -0.3 is 29.9 Å². The third kappa shape index (κ3) is 2.76. The molecule has 22 heavy (non-hydrogen) atoms. The van der Waals surface area contributed by atoms with Crippen LogP contribution in [-0.2, 0) is 15.9 Å². The predicted molar refractivity (Wildman–Crippen MR) is 77.7 cm³/mol. The first kappa shape index (κ1) is 15.5. The standard InChI is InChI=1S/C16H20O6/c1-8-2-3-9-5-11(6-10(9)4-8)21-16-15(20)14(19)13(18)12(7-17)22-16/h2-5,12-20H,6-7H2,1H3. The molecule has 3 rings (SSSR count). The molecular formula is C16H20O6. The van der Waals surface area contributed by atoms with E-state index in [9.17, 15) is 15.3 Å². The zero-order chi connectivity index (χ0) is 15.9. The minimum atomic E-state index is -1.43. The Labute approximate surface area is 128 Å². The lowest BCUT2D eigenvalue weighted by molar-refractivity contribution is -0.291. The molecule has 0 aromatic heterocycles. The molecule has 120 valence electrons. The summed E-state index contributed by atoms with van der Waals surface area (Å²) in [5.41, 5.74) is 3.33. The molecule has 0 bridgehead atoms. The number of benzene rings is 1. The second kappa shape index (κ2) is 5.98. The van der Waals surface area contributed by atoms with Crippen LogP contribution in [0.15, 0.2) is 24.0 Å². The van der Waals surface area contributed by atoms with E-state index >= 15 is 0 Å². The van der Waals surface area contributed by atoms with E-state index in [0.29, 0.717) is 12.2 Å². The summed E-state index contributed by atoms with van der Waals surface area (Å²) in [5, 5.41) is 38.6. The van der Waals surface area contributed by atoms with Crippen LogP contribution in [0.1, 0.15) is 16.7 Å². The number of allylic oxidation sites excluding steroid dienone is 1. The fourth-order valence-corrected chi connectivity index (χ4v) is 2.83. The lowest BCUT2D eigenvalue weighted by atomic mass is 9.99. The van der Waals surface area contributed by atoms with E-state index in [1.54, 1.807) is 0 Å². The molecule has 1 saturated heterocycles. The van der Waals surface area contributed by atoms with Crippen molar-refractivity contribution in [2.24, 2.45) is 0 Å². The van der Waals surface area contributed by atoms with Crippen LogP contribution in [0.4, 0.5) is 0 Å². The summed E-state index contributed by atoms with van der Waals surface area (Å²) in [4.78, 5) is 0. The molecule has 0 spiro atoms. The van der Waals surface area contributed by atoms with Crippen LogP contribution in [-0.4, -0.2) is 57.7 Å². The first-order valence-electron chi connectivity index (χ1n) is 7.27. The molecule has 5 unspecified atom stereocenters. The number of fused-ring (bicyclic) bond motifs is 1. The van der Waals surface area contributed by atoms with Crippen LogP contribution in [0.3, 0.4) is 0 Å². The van der Waals surface area contributed by atoms with Crippen LogP contribution in [0.2, 0.25) is 0 Å². The number of aliphatic hydroxyl groups excluding tert-OH is 4. The molecule has 4 N–H and O–H groups in total. The van der Waals surface area contributed by atoms with E-state index in [4.69, 9.17) is 14.6 Å². The van der Waals surface area contributed by atoms with Gasteiger partial charge in [0.05, 0.1) is 6.61 Å². The fraction of sp³-hybridized carbons (Fsp3) is 0.500. The molecule has 1 fully saturated rings. The van der Waals surface area contributed by atoms with Gasteiger partial charge in [0.25, 0.3) is 0 Å². The highest BCUT2D eigenvalue weighted by atomic mass is 16.7. The van der Waals surface area contributed by atoms with Crippen LogP contribution >= 0.6 is 0 Å². The Morgan fingerprint density at radius 3 is 2.68 bits per heavy atom. The third-order valence-electron chi connectivity index (χ3n) is 4.10. The predicted octanol–water partition coefficient (Wildman–Crippen LogP) is -0.291. The number of aryl methyl sites for hydroxylation is 1. The Morgan fingerprint density at radius 1 is 1.18 bits per heavy atom. The number of rotatable bonds is 3. The molecule has 6 heteroatoms. The number of aliphatic hydroxyl groups is 4. The molecular weight excluding hydrogens is 288 g/mol. The quantitative estimate of drug-likeness (QED) is 0.612. The van der Waals surface area contributed by atoms with Crippen molar-refractivity contribution in [3.63, 3.8) is 0 Å². The van der Waals surface area contributed by atoms with Gasteiger partial charge in [0.1, 0.15) is 30.2 Å². The van der Waals surface area contributed by atoms with Crippen LogP contribution in [0, 0.1) is 6.92 Å². The van der Waals surface area contributed by atoms with E-state index in [1.807, 2.05) is 25.1 Å². The van der Waals surface area contributed by atoms with Gasteiger partial charge in [0.2, 0.25) is 6.29 Å². The molecule has 1 aromatic rings. The van der Waals surface area contributed by atoms with Crippen molar-refractivity contribution in [2.75, 3.05) is 6.61 Å². The molecule has 0 radical (unpaired) electrons. The maximum atomic E-state index is 9.97. The molecule has 1 aliphatic heterocycles.